The maximum Gasteiger partial charge on any atom is 0.0540 e. The molecule has 0 spiro atoms. The second kappa shape index (κ2) is 16.4. The fraction of sp³-hybridized carbons (Fsp3) is 0.156. The van der Waals surface area contributed by atoms with Crippen LogP contribution < -0.4 is 4.90 Å². The minimum atomic E-state index is -0.293. The summed E-state index contributed by atoms with van der Waals surface area (Å²) in [6.07, 6.45) is 12.6. The van der Waals surface area contributed by atoms with Crippen LogP contribution in [0.4, 0.5) is 17.1 Å². The minimum Gasteiger partial charge on any atom is -0.309 e. The summed E-state index contributed by atoms with van der Waals surface area (Å²) in [7, 11) is 0. The van der Waals surface area contributed by atoms with Gasteiger partial charge in [0.15, 0.2) is 0 Å². The lowest BCUT2D eigenvalue weighted by atomic mass is 9.70. The number of hydrogen-bond acceptors (Lipinski definition) is 1. The number of allylic oxidation sites excluding steroid dienone is 1. The van der Waals surface area contributed by atoms with Crippen molar-refractivity contribution in [1.82, 2.24) is 0 Å². The largest absolute Gasteiger partial charge is 0.309 e. The number of para-hydroxylation sites is 2. The Morgan fingerprint density at radius 1 is 0.462 bits per heavy atom. The number of hydrogen-bond donors (Lipinski definition) is 0. The normalized spacial score (nSPS) is 17.6. The molecule has 0 heterocycles. The molecule has 12 rings (SSSR count). The Hall–Kier alpha value is -7.22. The molecule has 65 heavy (non-hydrogen) atoms. The van der Waals surface area contributed by atoms with E-state index in [-0.39, 0.29) is 5.41 Å². The fourth-order valence-electron chi connectivity index (χ4n) is 12.0. The predicted molar refractivity (Wildman–Crippen MR) is 275 cm³/mol. The standard InChI is InChI=1S/C64H53N/c1-64(50-25-6-3-7-26-50)58-33-13-10-29-57(58)63-56(32-18-34-59(63)64)54-28-12-15-36-61(54)65(51-41-39-45(40-42-51)49-38-37-44-19-8-9-22-48(44)43-49)60-35-14-11-27-53(60)55-31-17-24-47-23-16-30-52(62(47)55)46-20-4-2-5-21-46/h3,6-19,22-29,31-43,46,52H,2,4-5,20-21,30H2,1H3. The molecule has 0 N–H and O–H groups in total. The van der Waals surface area contributed by atoms with Crippen LogP contribution in [0, 0.1) is 5.92 Å². The summed E-state index contributed by atoms with van der Waals surface area (Å²) < 4.78 is 0. The van der Waals surface area contributed by atoms with E-state index in [0.717, 1.165) is 17.8 Å². The van der Waals surface area contributed by atoms with Crippen molar-refractivity contribution >= 4 is 33.9 Å². The van der Waals surface area contributed by atoms with E-state index in [9.17, 15) is 0 Å². The third kappa shape index (κ3) is 6.67. The Balaban J connectivity index is 1.07. The highest BCUT2D eigenvalue weighted by molar-refractivity contribution is 6.01. The van der Waals surface area contributed by atoms with Crippen LogP contribution in [0.2, 0.25) is 0 Å². The quantitative estimate of drug-likeness (QED) is 0.147. The van der Waals surface area contributed by atoms with Crippen LogP contribution in [-0.2, 0) is 5.41 Å². The molecule has 1 nitrogen and oxygen atoms in total. The van der Waals surface area contributed by atoms with Gasteiger partial charge in [-0.1, -0.05) is 207 Å². The van der Waals surface area contributed by atoms with Crippen molar-refractivity contribution < 1.29 is 0 Å². The molecular formula is C64H53N. The summed E-state index contributed by atoms with van der Waals surface area (Å²) in [5, 5.41) is 2.52. The Morgan fingerprint density at radius 2 is 1.06 bits per heavy atom. The molecule has 3 aliphatic carbocycles. The maximum atomic E-state index is 2.55. The molecule has 2 unspecified atom stereocenters. The fourth-order valence-corrected chi connectivity index (χ4v) is 12.0. The summed E-state index contributed by atoms with van der Waals surface area (Å²) >= 11 is 0. The average Bonchev–Trinajstić information content (AvgIpc) is 3.65. The van der Waals surface area contributed by atoms with E-state index < -0.39 is 0 Å². The van der Waals surface area contributed by atoms with Gasteiger partial charge in [0.2, 0.25) is 0 Å². The minimum absolute atomic E-state index is 0.293. The third-order valence-electron chi connectivity index (χ3n) is 15.2. The van der Waals surface area contributed by atoms with Crippen LogP contribution in [0.25, 0.3) is 61.4 Å². The van der Waals surface area contributed by atoms with Gasteiger partial charge in [-0.3, -0.25) is 0 Å². The summed E-state index contributed by atoms with van der Waals surface area (Å²) in [6.45, 7) is 2.42. The van der Waals surface area contributed by atoms with E-state index in [4.69, 9.17) is 0 Å². The highest BCUT2D eigenvalue weighted by Crippen LogP contribution is 2.57. The van der Waals surface area contributed by atoms with Crippen LogP contribution in [0.1, 0.15) is 79.2 Å². The number of nitrogens with zero attached hydrogens (tertiary/aromatic N) is 1. The molecule has 0 aliphatic heterocycles. The molecule has 9 aromatic carbocycles. The first-order valence-corrected chi connectivity index (χ1v) is 23.8. The van der Waals surface area contributed by atoms with Crippen molar-refractivity contribution in [1.29, 1.82) is 0 Å². The van der Waals surface area contributed by atoms with Gasteiger partial charge in [0.25, 0.3) is 0 Å². The molecule has 314 valence electrons. The molecule has 1 fully saturated rings. The highest BCUT2D eigenvalue weighted by Gasteiger charge is 2.42. The first-order valence-electron chi connectivity index (χ1n) is 23.8. The zero-order chi connectivity index (χ0) is 43.3. The second-order valence-corrected chi connectivity index (χ2v) is 18.7. The van der Waals surface area contributed by atoms with Crippen molar-refractivity contribution in [3.05, 3.63) is 240 Å². The van der Waals surface area contributed by atoms with Gasteiger partial charge in [-0.2, -0.15) is 0 Å². The molecule has 1 saturated carbocycles. The summed E-state index contributed by atoms with van der Waals surface area (Å²) in [5.41, 5.74) is 20.3. The van der Waals surface area contributed by atoms with Crippen LogP contribution in [0.15, 0.2) is 212 Å². The van der Waals surface area contributed by atoms with E-state index in [1.165, 1.54) is 121 Å². The molecule has 3 aliphatic rings. The monoisotopic (exact) mass is 835 g/mol. The molecule has 0 bridgehead atoms. The van der Waals surface area contributed by atoms with Crippen molar-refractivity contribution in [3.63, 3.8) is 0 Å². The Morgan fingerprint density at radius 3 is 1.85 bits per heavy atom. The van der Waals surface area contributed by atoms with Gasteiger partial charge in [-0.05, 0) is 140 Å². The molecule has 0 aromatic heterocycles. The lowest BCUT2D eigenvalue weighted by molar-refractivity contribution is 0.304. The van der Waals surface area contributed by atoms with E-state index in [1.54, 1.807) is 0 Å². The Labute approximate surface area is 384 Å². The van der Waals surface area contributed by atoms with E-state index >= 15 is 0 Å². The van der Waals surface area contributed by atoms with Gasteiger partial charge in [0.1, 0.15) is 0 Å². The van der Waals surface area contributed by atoms with Gasteiger partial charge < -0.3 is 4.90 Å². The lowest BCUT2D eigenvalue weighted by Crippen LogP contribution is -2.22. The molecule has 0 radical (unpaired) electrons. The lowest BCUT2D eigenvalue weighted by Gasteiger charge is -2.35. The Bertz CT molecular complexity index is 3240. The SMILES string of the molecule is CC1(c2ccccc2)c2ccccc2-c2c(-c3ccccc3N(c3ccc(-c4ccc5ccccc5c4)cc3)c3ccccc3-c3cccc4c3C(C3CCCCC3)CC=C4)cccc21. The predicted octanol–water partition coefficient (Wildman–Crippen LogP) is 17.7. The van der Waals surface area contributed by atoms with Crippen LogP contribution in [0.5, 0.6) is 0 Å². The molecule has 0 amide bonds. The average molecular weight is 836 g/mol. The van der Waals surface area contributed by atoms with Crippen molar-refractivity contribution in [2.24, 2.45) is 5.92 Å². The first-order chi connectivity index (χ1) is 32.1. The zero-order valence-electron chi connectivity index (χ0n) is 37.1. The maximum absolute atomic E-state index is 2.55. The summed E-state index contributed by atoms with van der Waals surface area (Å²) in [5.74, 6) is 1.23. The van der Waals surface area contributed by atoms with Crippen LogP contribution >= 0.6 is 0 Å². The van der Waals surface area contributed by atoms with Crippen LogP contribution in [0.3, 0.4) is 0 Å². The van der Waals surface area contributed by atoms with Crippen molar-refractivity contribution in [3.8, 4) is 44.5 Å². The van der Waals surface area contributed by atoms with Gasteiger partial charge in [-0.25, -0.2) is 0 Å². The highest BCUT2D eigenvalue weighted by atomic mass is 15.1. The van der Waals surface area contributed by atoms with E-state index in [0.29, 0.717) is 11.8 Å². The van der Waals surface area contributed by atoms with Crippen molar-refractivity contribution in [2.75, 3.05) is 4.90 Å². The third-order valence-corrected chi connectivity index (χ3v) is 15.2. The summed E-state index contributed by atoms with van der Waals surface area (Å²) in [6, 6.07) is 77.3. The Kier molecular flexibility index (Phi) is 9.94. The molecule has 2 atom stereocenters. The molecular weight excluding hydrogens is 783 g/mol. The van der Waals surface area contributed by atoms with E-state index in [2.05, 4.69) is 230 Å². The van der Waals surface area contributed by atoms with E-state index in [1.807, 2.05) is 0 Å². The summed E-state index contributed by atoms with van der Waals surface area (Å²) in [4.78, 5) is 2.55. The number of anilines is 3. The number of fused-ring (bicyclic) bond motifs is 5. The molecule has 9 aromatic rings. The first kappa shape index (κ1) is 39.4. The van der Waals surface area contributed by atoms with Crippen LogP contribution in [-0.4, -0.2) is 0 Å². The molecule has 0 saturated heterocycles. The van der Waals surface area contributed by atoms with Gasteiger partial charge in [0, 0.05) is 22.2 Å². The topological polar surface area (TPSA) is 3.24 Å². The van der Waals surface area contributed by atoms with Gasteiger partial charge >= 0.3 is 0 Å². The van der Waals surface area contributed by atoms with Gasteiger partial charge in [-0.15, -0.1) is 0 Å². The smallest absolute Gasteiger partial charge is 0.0540 e. The second-order valence-electron chi connectivity index (χ2n) is 18.7. The number of rotatable bonds is 8. The number of benzene rings is 9. The zero-order valence-corrected chi connectivity index (χ0v) is 37.1. The van der Waals surface area contributed by atoms with Gasteiger partial charge in [0.05, 0.1) is 11.4 Å². The van der Waals surface area contributed by atoms with Crippen molar-refractivity contribution in [2.45, 2.75) is 56.8 Å². The molecule has 1 heteroatoms.